The van der Waals surface area contributed by atoms with Gasteiger partial charge in [0, 0.05) is 36.9 Å². The lowest BCUT2D eigenvalue weighted by molar-refractivity contribution is -0.141. The predicted octanol–water partition coefficient (Wildman–Crippen LogP) is 4.72. The molecular formula is C25H27F4N3O2. The fourth-order valence-corrected chi connectivity index (χ4v) is 5.09. The van der Waals surface area contributed by atoms with Crippen LogP contribution in [-0.4, -0.2) is 42.4 Å². The lowest BCUT2D eigenvalue weighted by Gasteiger charge is -2.47. The highest BCUT2D eigenvalue weighted by atomic mass is 19.4. The molecule has 5 nitrogen and oxygen atoms in total. The number of benzene rings is 2. The van der Waals surface area contributed by atoms with E-state index in [1.807, 2.05) is 18.9 Å². The van der Waals surface area contributed by atoms with Crippen molar-refractivity contribution >= 4 is 17.5 Å². The van der Waals surface area contributed by atoms with E-state index < -0.39 is 23.5 Å². The molecule has 4 rings (SSSR count). The third-order valence-corrected chi connectivity index (χ3v) is 7.00. The summed E-state index contributed by atoms with van der Waals surface area (Å²) in [6.45, 7) is 4.81. The van der Waals surface area contributed by atoms with Gasteiger partial charge in [-0.15, -0.1) is 0 Å². The number of likely N-dealkylation sites (N-methyl/N-ethyl adjacent to an activating group) is 1. The second-order valence-electron chi connectivity index (χ2n) is 9.33. The van der Waals surface area contributed by atoms with Gasteiger partial charge in [-0.3, -0.25) is 9.59 Å². The Balaban J connectivity index is 1.57. The molecule has 34 heavy (non-hydrogen) atoms. The van der Waals surface area contributed by atoms with E-state index in [9.17, 15) is 27.2 Å². The molecule has 182 valence electrons. The minimum absolute atomic E-state index is 0.0234. The quantitative estimate of drug-likeness (QED) is 0.629. The van der Waals surface area contributed by atoms with Crippen LogP contribution in [0.4, 0.5) is 23.2 Å². The first-order chi connectivity index (χ1) is 16.0. The largest absolute Gasteiger partial charge is 0.419 e. The Hall–Kier alpha value is -2.94. The molecule has 4 atom stereocenters. The van der Waals surface area contributed by atoms with Gasteiger partial charge in [0.2, 0.25) is 5.91 Å². The fraction of sp³-hybridized carbons (Fsp3) is 0.440. The maximum atomic E-state index is 13.6. The number of halogens is 4. The van der Waals surface area contributed by atoms with Crippen molar-refractivity contribution in [3.05, 3.63) is 64.5 Å². The Morgan fingerprint density at radius 2 is 1.88 bits per heavy atom. The number of likely N-dealkylation sites (tertiary alicyclic amines) is 1. The smallest absolute Gasteiger partial charge is 0.342 e. The van der Waals surface area contributed by atoms with Gasteiger partial charge >= 0.3 is 6.18 Å². The molecule has 2 heterocycles. The van der Waals surface area contributed by atoms with Crippen molar-refractivity contribution in [2.75, 3.05) is 18.9 Å². The number of alkyl halides is 3. The van der Waals surface area contributed by atoms with Gasteiger partial charge in [0.15, 0.2) is 0 Å². The Bertz CT molecular complexity index is 1120. The molecule has 2 saturated heterocycles. The van der Waals surface area contributed by atoms with Crippen LogP contribution < -0.4 is 10.6 Å². The van der Waals surface area contributed by atoms with E-state index in [0.717, 1.165) is 30.2 Å². The summed E-state index contributed by atoms with van der Waals surface area (Å²) in [6, 6.07) is 7.78. The minimum Gasteiger partial charge on any atom is -0.342 e. The van der Waals surface area contributed by atoms with Gasteiger partial charge in [-0.2, -0.15) is 13.2 Å². The molecule has 2 aromatic rings. The van der Waals surface area contributed by atoms with Gasteiger partial charge in [-0.25, -0.2) is 4.39 Å². The van der Waals surface area contributed by atoms with Gasteiger partial charge in [-0.1, -0.05) is 6.07 Å². The average molecular weight is 478 g/mol. The molecular weight excluding hydrogens is 450 g/mol. The molecule has 2 aromatic carbocycles. The number of anilines is 1. The minimum atomic E-state index is -4.91. The van der Waals surface area contributed by atoms with Crippen LogP contribution in [0.25, 0.3) is 0 Å². The van der Waals surface area contributed by atoms with Crippen LogP contribution in [0.15, 0.2) is 36.4 Å². The second-order valence-corrected chi connectivity index (χ2v) is 9.33. The molecule has 2 amide bonds. The number of nitrogens with one attached hydrogen (secondary N) is 2. The van der Waals surface area contributed by atoms with Crippen molar-refractivity contribution in [3.8, 4) is 0 Å². The number of aryl methyl sites for hydroxylation is 1. The van der Waals surface area contributed by atoms with Gasteiger partial charge in [0.25, 0.3) is 5.91 Å². The second kappa shape index (κ2) is 9.02. The molecule has 0 aliphatic carbocycles. The fourth-order valence-electron chi connectivity index (χ4n) is 5.09. The Morgan fingerprint density at radius 3 is 2.59 bits per heavy atom. The van der Waals surface area contributed by atoms with Crippen LogP contribution in [0.2, 0.25) is 0 Å². The molecule has 2 N–H and O–H groups in total. The first-order valence-electron chi connectivity index (χ1n) is 11.2. The number of hydrogen-bond donors (Lipinski definition) is 2. The molecule has 2 aliphatic rings. The maximum Gasteiger partial charge on any atom is 0.419 e. The van der Waals surface area contributed by atoms with Gasteiger partial charge < -0.3 is 15.5 Å². The zero-order valence-electron chi connectivity index (χ0n) is 19.2. The van der Waals surface area contributed by atoms with Crippen molar-refractivity contribution in [1.29, 1.82) is 0 Å². The summed E-state index contributed by atoms with van der Waals surface area (Å²) in [5, 5.41) is 6.06. The lowest BCUT2D eigenvalue weighted by Crippen LogP contribution is -2.57. The molecule has 0 aromatic heterocycles. The molecule has 4 unspecified atom stereocenters. The van der Waals surface area contributed by atoms with Crippen LogP contribution in [0.1, 0.15) is 52.7 Å². The van der Waals surface area contributed by atoms with E-state index in [1.54, 1.807) is 18.2 Å². The summed E-state index contributed by atoms with van der Waals surface area (Å²) < 4.78 is 52.6. The highest BCUT2D eigenvalue weighted by Crippen LogP contribution is 2.39. The molecule has 9 heteroatoms. The summed E-state index contributed by atoms with van der Waals surface area (Å²) in [7, 11) is 1.83. The summed E-state index contributed by atoms with van der Waals surface area (Å²) in [5.74, 6) is -2.28. The SMILES string of the molecule is Cc1ccc(NC(=O)c2ccc(F)c(C(F)(F)F)c2)cc1C1CC2CNC(C)CC2N(C)C1=O. The molecule has 0 saturated carbocycles. The standard InChI is InChI=1S/C25H27F4N3O2/c1-13-4-6-17(31-23(33)15-5-7-21(26)20(10-15)25(27,28)29)11-18(13)19-9-16-12-30-14(2)8-22(16)32(3)24(19)34/h4-7,10-11,14,16,19,22,30H,8-9,12H2,1-3H3,(H,31,33). The zero-order valence-corrected chi connectivity index (χ0v) is 19.2. The van der Waals surface area contributed by atoms with E-state index in [0.29, 0.717) is 36.2 Å². The van der Waals surface area contributed by atoms with Crippen molar-refractivity contribution in [2.45, 2.75) is 50.9 Å². The molecule has 2 aliphatic heterocycles. The summed E-state index contributed by atoms with van der Waals surface area (Å²) in [4.78, 5) is 27.7. The number of piperidine rings is 2. The molecule has 0 radical (unpaired) electrons. The number of fused-ring (bicyclic) bond motifs is 1. The van der Waals surface area contributed by atoms with Crippen LogP contribution in [-0.2, 0) is 11.0 Å². The monoisotopic (exact) mass is 477 g/mol. The highest BCUT2D eigenvalue weighted by molar-refractivity contribution is 6.04. The Labute approximate surface area is 195 Å². The van der Waals surface area contributed by atoms with Crippen LogP contribution >= 0.6 is 0 Å². The van der Waals surface area contributed by atoms with Crippen LogP contribution in [0.5, 0.6) is 0 Å². The number of carbonyl (C=O) groups is 2. The number of hydrogen-bond acceptors (Lipinski definition) is 3. The van der Waals surface area contributed by atoms with Gasteiger partial charge in [0.1, 0.15) is 5.82 Å². The Kier molecular flexibility index (Phi) is 6.42. The van der Waals surface area contributed by atoms with E-state index >= 15 is 0 Å². The van der Waals surface area contributed by atoms with E-state index in [-0.39, 0.29) is 23.4 Å². The predicted molar refractivity (Wildman–Crippen MR) is 120 cm³/mol. The zero-order chi connectivity index (χ0) is 24.8. The third kappa shape index (κ3) is 4.66. The first kappa shape index (κ1) is 24.2. The number of nitrogens with zero attached hydrogens (tertiary/aromatic N) is 1. The van der Waals surface area contributed by atoms with Gasteiger partial charge in [-0.05, 0) is 74.1 Å². The molecule has 0 bridgehead atoms. The number of amides is 2. The van der Waals surface area contributed by atoms with Crippen LogP contribution in [0.3, 0.4) is 0 Å². The van der Waals surface area contributed by atoms with E-state index in [4.69, 9.17) is 0 Å². The number of carbonyl (C=O) groups excluding carboxylic acids is 2. The third-order valence-electron chi connectivity index (χ3n) is 7.00. The van der Waals surface area contributed by atoms with Gasteiger partial charge in [0.05, 0.1) is 11.5 Å². The topological polar surface area (TPSA) is 61.4 Å². The molecule has 2 fully saturated rings. The van der Waals surface area contributed by atoms with Crippen molar-refractivity contribution in [2.24, 2.45) is 5.92 Å². The van der Waals surface area contributed by atoms with Crippen LogP contribution in [0, 0.1) is 18.7 Å². The first-order valence-corrected chi connectivity index (χ1v) is 11.2. The summed E-state index contributed by atoms with van der Waals surface area (Å²) in [5.41, 5.74) is 0.222. The summed E-state index contributed by atoms with van der Waals surface area (Å²) >= 11 is 0. The lowest BCUT2D eigenvalue weighted by atomic mass is 9.75. The van der Waals surface area contributed by atoms with E-state index in [2.05, 4.69) is 17.6 Å². The number of rotatable bonds is 3. The maximum absolute atomic E-state index is 13.6. The molecule has 0 spiro atoms. The Morgan fingerprint density at radius 1 is 1.15 bits per heavy atom. The van der Waals surface area contributed by atoms with Crippen molar-refractivity contribution < 1.29 is 27.2 Å². The van der Waals surface area contributed by atoms with Crippen molar-refractivity contribution in [3.63, 3.8) is 0 Å². The average Bonchev–Trinajstić information content (AvgIpc) is 2.77. The highest BCUT2D eigenvalue weighted by Gasteiger charge is 2.43. The van der Waals surface area contributed by atoms with E-state index in [1.165, 1.54) is 0 Å². The summed E-state index contributed by atoms with van der Waals surface area (Å²) in [6.07, 6.45) is -3.33. The van der Waals surface area contributed by atoms with Crippen molar-refractivity contribution in [1.82, 2.24) is 10.2 Å². The normalized spacial score (nSPS) is 25.1.